The molecule has 5 aromatic carbocycles. The van der Waals surface area contributed by atoms with E-state index in [0.29, 0.717) is 43.1 Å². The van der Waals surface area contributed by atoms with Gasteiger partial charge in [-0.2, -0.15) is 10.5 Å². The second-order valence-electron chi connectivity index (χ2n) is 8.21. The Morgan fingerprint density at radius 3 is 1.00 bits per heavy atom. The van der Waals surface area contributed by atoms with Crippen molar-refractivity contribution in [3.05, 3.63) is 131 Å². The number of hydrogen-bond donors (Lipinski definition) is 0. The molecule has 0 bridgehead atoms. The predicted octanol–water partition coefficient (Wildman–Crippen LogP) is 5.11. The Hall–Kier alpha value is -5.32. The molecule has 0 unspecified atom stereocenters. The lowest BCUT2D eigenvalue weighted by Crippen LogP contribution is -2.23. The molecule has 5 rings (SSSR count). The summed E-state index contributed by atoms with van der Waals surface area (Å²) in [7, 11) is 0. The number of nitrogens with zero attached hydrogens (tertiary/aromatic N) is 2. The highest BCUT2D eigenvalue weighted by Gasteiger charge is 2.20. The molecule has 0 spiro atoms. The number of rotatable bonds is 4. The van der Waals surface area contributed by atoms with Crippen molar-refractivity contribution in [3.63, 3.8) is 0 Å². The second-order valence-corrected chi connectivity index (χ2v) is 8.21. The van der Waals surface area contributed by atoms with Crippen LogP contribution in [-0.2, 0) is 0 Å². The molecule has 0 saturated heterocycles. The lowest BCUT2D eigenvalue weighted by molar-refractivity contribution is 0.104. The van der Waals surface area contributed by atoms with Crippen molar-refractivity contribution in [2.45, 2.75) is 0 Å². The number of fused-ring (bicyclic) bond motifs is 2. The maximum atomic E-state index is 13.5. The fraction of sp³-hybridized carbons (Fsp3) is 0. The second kappa shape index (κ2) is 9.50. The highest BCUT2D eigenvalue weighted by molar-refractivity contribution is 6.32. The molecule has 0 aliphatic heterocycles. The van der Waals surface area contributed by atoms with Crippen molar-refractivity contribution in [2.75, 3.05) is 0 Å². The molecule has 0 saturated carbocycles. The van der Waals surface area contributed by atoms with E-state index in [2.05, 4.69) is 12.1 Å². The smallest absolute Gasteiger partial charge is 0.204 e. The van der Waals surface area contributed by atoms with Crippen LogP contribution in [0.4, 0.5) is 0 Å². The molecule has 0 aliphatic rings. The van der Waals surface area contributed by atoms with Gasteiger partial charge in [-0.3, -0.25) is 9.59 Å². The van der Waals surface area contributed by atoms with E-state index in [0.717, 1.165) is 0 Å². The number of ketones is 2. The molecule has 0 amide bonds. The highest BCUT2D eigenvalue weighted by atomic mass is 16.1. The first-order valence-corrected chi connectivity index (χ1v) is 11.3. The summed E-state index contributed by atoms with van der Waals surface area (Å²) >= 11 is 0. The third kappa shape index (κ3) is 3.74. The fourth-order valence-corrected chi connectivity index (χ4v) is 4.58. The van der Waals surface area contributed by atoms with Gasteiger partial charge in [-0.15, -0.1) is 0 Å². The summed E-state index contributed by atoms with van der Waals surface area (Å²) in [5, 5.41) is 23.8. The lowest BCUT2D eigenvalue weighted by atomic mass is 9.90. The Bertz CT molecular complexity index is 1670. The molecule has 36 heavy (non-hydrogen) atoms. The monoisotopic (exact) mass is 462 g/mol. The van der Waals surface area contributed by atoms with Crippen LogP contribution in [0.25, 0.3) is 32.7 Å². The first kappa shape index (κ1) is 22.5. The molecule has 0 aromatic heterocycles. The van der Waals surface area contributed by atoms with Crippen LogP contribution < -0.4 is 10.4 Å². The van der Waals surface area contributed by atoms with Gasteiger partial charge in [-0.1, -0.05) is 109 Å². The van der Waals surface area contributed by atoms with Crippen LogP contribution in [0.5, 0.6) is 0 Å². The molecule has 4 nitrogen and oxygen atoms in total. The molecule has 4 heteroatoms. The number of hydrogen-bond acceptors (Lipinski definition) is 4. The van der Waals surface area contributed by atoms with Crippen LogP contribution in [-0.4, -0.2) is 11.6 Å². The van der Waals surface area contributed by atoms with Gasteiger partial charge in [0.15, 0.2) is 0 Å². The van der Waals surface area contributed by atoms with Crippen molar-refractivity contribution in [1.82, 2.24) is 0 Å². The number of nitriles is 2. The molecule has 0 N–H and O–H groups in total. The standard InChI is InChI=1S/C32H18N2O2/c33-19-27(31(35)21-11-3-1-4-12-21)29-23-15-7-9-17-25(23)30(26-18-10-8-16-24(26)29)28(20-34)32(36)22-13-5-2-6-14-22/h1-18H. The zero-order chi connectivity index (χ0) is 25.1. The highest BCUT2D eigenvalue weighted by Crippen LogP contribution is 2.19. The Morgan fingerprint density at radius 1 is 0.444 bits per heavy atom. The molecule has 0 aliphatic carbocycles. The molecule has 0 fully saturated rings. The summed E-state index contributed by atoms with van der Waals surface area (Å²) in [5.41, 5.74) is 0.839. The minimum absolute atomic E-state index is 0.00745. The van der Waals surface area contributed by atoms with Gasteiger partial charge in [0.1, 0.15) is 23.3 Å². The van der Waals surface area contributed by atoms with Crippen molar-refractivity contribution >= 4 is 44.3 Å². The van der Waals surface area contributed by atoms with Crippen LogP contribution in [0.3, 0.4) is 0 Å². The van der Waals surface area contributed by atoms with E-state index in [1.165, 1.54) is 0 Å². The number of Topliss-reactive ketones (excluding diaryl/α,β-unsaturated/α-hetero) is 2. The van der Waals surface area contributed by atoms with E-state index < -0.39 is 0 Å². The maximum absolute atomic E-state index is 13.5. The van der Waals surface area contributed by atoms with E-state index in [4.69, 9.17) is 0 Å². The summed E-state index contributed by atoms with van der Waals surface area (Å²) in [5.74, 6) is -0.767. The van der Waals surface area contributed by atoms with Crippen molar-refractivity contribution in [3.8, 4) is 12.1 Å². The van der Waals surface area contributed by atoms with Gasteiger partial charge in [-0.05, 0) is 21.5 Å². The lowest BCUT2D eigenvalue weighted by Gasteiger charge is -2.11. The molecule has 0 radical (unpaired) electrons. The molecule has 168 valence electrons. The average molecular weight is 463 g/mol. The van der Waals surface area contributed by atoms with E-state index >= 15 is 0 Å². The Morgan fingerprint density at radius 2 is 0.722 bits per heavy atom. The van der Waals surface area contributed by atoms with Crippen LogP contribution in [0.1, 0.15) is 20.7 Å². The first-order chi connectivity index (χ1) is 17.7. The fourth-order valence-electron chi connectivity index (χ4n) is 4.58. The zero-order valence-corrected chi connectivity index (χ0v) is 19.1. The van der Waals surface area contributed by atoms with Gasteiger partial charge in [0, 0.05) is 21.6 Å². The minimum Gasteiger partial charge on any atom is -0.288 e. The largest absolute Gasteiger partial charge is 0.288 e. The first-order valence-electron chi connectivity index (χ1n) is 11.3. The Balaban J connectivity index is 2.02. The third-order valence-corrected chi connectivity index (χ3v) is 6.18. The summed E-state index contributed by atoms with van der Waals surface area (Å²) < 4.78 is 0. The maximum Gasteiger partial charge on any atom is 0.204 e. The van der Waals surface area contributed by atoms with Gasteiger partial charge >= 0.3 is 0 Å². The topological polar surface area (TPSA) is 81.7 Å². The number of carbonyl (C=O) groups excluding carboxylic acids is 2. The Kier molecular flexibility index (Phi) is 5.93. The van der Waals surface area contributed by atoms with E-state index in [1.54, 1.807) is 48.5 Å². The third-order valence-electron chi connectivity index (χ3n) is 6.18. The van der Waals surface area contributed by atoms with Crippen molar-refractivity contribution in [2.24, 2.45) is 0 Å². The Labute approximate surface area is 207 Å². The van der Waals surface area contributed by atoms with E-state index in [1.807, 2.05) is 60.7 Å². The van der Waals surface area contributed by atoms with E-state index in [9.17, 15) is 20.1 Å². The van der Waals surface area contributed by atoms with E-state index in [-0.39, 0.29) is 22.7 Å². The van der Waals surface area contributed by atoms with Gasteiger partial charge in [0.2, 0.25) is 11.6 Å². The SMILES string of the molecule is N#CC(C(=O)c1ccccc1)=c1c2ccccc2c(=C(C#N)C(=O)c2ccccc2)c2ccccc12. The summed E-state index contributed by atoms with van der Waals surface area (Å²) in [6, 6.07) is 36.2. The van der Waals surface area contributed by atoms with Crippen molar-refractivity contribution in [1.29, 1.82) is 10.5 Å². The number of benzene rings is 5. The van der Waals surface area contributed by atoms with Gasteiger partial charge < -0.3 is 0 Å². The summed E-state index contributed by atoms with van der Waals surface area (Å²) in [6.45, 7) is 0. The predicted molar refractivity (Wildman–Crippen MR) is 140 cm³/mol. The van der Waals surface area contributed by atoms with Crippen LogP contribution in [0, 0.1) is 22.7 Å². The molecule has 0 atom stereocenters. The quantitative estimate of drug-likeness (QED) is 0.275. The van der Waals surface area contributed by atoms with Crippen LogP contribution >= 0.6 is 0 Å². The zero-order valence-electron chi connectivity index (χ0n) is 19.1. The summed E-state index contributed by atoms with van der Waals surface area (Å²) in [6.07, 6.45) is 0. The molecular weight excluding hydrogens is 444 g/mol. The van der Waals surface area contributed by atoms with Gasteiger partial charge in [0.25, 0.3) is 0 Å². The number of carbonyl (C=O) groups is 2. The van der Waals surface area contributed by atoms with Crippen molar-refractivity contribution < 1.29 is 9.59 Å². The minimum atomic E-state index is -0.383. The van der Waals surface area contributed by atoms with Gasteiger partial charge in [-0.25, -0.2) is 0 Å². The molecule has 0 heterocycles. The molecule has 5 aromatic rings. The average Bonchev–Trinajstić information content (AvgIpc) is 2.95. The van der Waals surface area contributed by atoms with Crippen LogP contribution in [0.2, 0.25) is 0 Å². The normalized spacial score (nSPS) is 10.4. The summed E-state index contributed by atoms with van der Waals surface area (Å²) in [4.78, 5) is 26.9. The van der Waals surface area contributed by atoms with Crippen LogP contribution in [0.15, 0.2) is 109 Å². The van der Waals surface area contributed by atoms with Gasteiger partial charge in [0.05, 0.1) is 0 Å². The molecular formula is C32H18N2O2.